The molecule has 35 heavy (non-hydrogen) atoms. The molecule has 0 radical (unpaired) electrons. The van der Waals surface area contributed by atoms with Crippen molar-refractivity contribution in [3.8, 4) is 5.69 Å². The second-order valence-electron chi connectivity index (χ2n) is 9.38. The molecular weight excluding hydrogens is 455 g/mol. The smallest absolute Gasteiger partial charge is 0.174 e. The van der Waals surface area contributed by atoms with Crippen LogP contribution in [-0.4, -0.2) is 14.7 Å². The summed E-state index contributed by atoms with van der Waals surface area (Å²) >= 11 is 5.89. The Kier molecular flexibility index (Phi) is 6.15. The number of rotatable bonds is 5. The van der Waals surface area contributed by atoms with Crippen molar-refractivity contribution in [1.82, 2.24) is 14.9 Å². The molecule has 5 rings (SSSR count). The van der Waals surface area contributed by atoms with Crippen LogP contribution in [0.1, 0.15) is 60.1 Å². The number of halogens is 1. The first kappa shape index (κ1) is 23.2. The van der Waals surface area contributed by atoms with E-state index in [9.17, 15) is 4.39 Å². The van der Waals surface area contributed by atoms with Gasteiger partial charge in [0.05, 0.1) is 17.8 Å². The second-order valence-corrected chi connectivity index (χ2v) is 9.77. The number of hydrogen-bond donors (Lipinski definition) is 1. The van der Waals surface area contributed by atoms with E-state index in [1.807, 2.05) is 36.5 Å². The van der Waals surface area contributed by atoms with Crippen LogP contribution < -0.4 is 10.2 Å². The Bertz CT molecular complexity index is 1340. The predicted octanol–water partition coefficient (Wildman–Crippen LogP) is 6.93. The topological polar surface area (TPSA) is 33.1 Å². The number of aromatic nitrogens is 2. The van der Waals surface area contributed by atoms with Crippen molar-refractivity contribution in [2.45, 2.75) is 45.7 Å². The zero-order valence-electron chi connectivity index (χ0n) is 20.4. The molecule has 1 fully saturated rings. The molecule has 6 heteroatoms. The number of hydrogen-bond acceptors (Lipinski definition) is 2. The highest BCUT2D eigenvalue weighted by molar-refractivity contribution is 7.80. The minimum Gasteiger partial charge on any atom is -0.351 e. The maximum Gasteiger partial charge on any atom is 0.174 e. The molecule has 0 aliphatic carbocycles. The molecule has 0 bridgehead atoms. The molecule has 3 heterocycles. The van der Waals surface area contributed by atoms with E-state index in [-0.39, 0.29) is 17.9 Å². The third-order valence-electron chi connectivity index (χ3n) is 6.81. The van der Waals surface area contributed by atoms with Gasteiger partial charge in [0, 0.05) is 29.0 Å². The number of pyridine rings is 1. The van der Waals surface area contributed by atoms with Crippen LogP contribution in [0.25, 0.3) is 5.69 Å². The number of aryl methyl sites for hydroxylation is 1. The number of thiocarbonyl (C=S) groups is 1. The molecule has 1 saturated heterocycles. The van der Waals surface area contributed by atoms with Gasteiger partial charge in [-0.2, -0.15) is 0 Å². The number of nitrogens with zero attached hydrogens (tertiary/aromatic N) is 3. The van der Waals surface area contributed by atoms with Gasteiger partial charge in [0.1, 0.15) is 5.82 Å². The van der Waals surface area contributed by atoms with Crippen LogP contribution in [-0.2, 0) is 0 Å². The van der Waals surface area contributed by atoms with Crippen molar-refractivity contribution in [3.05, 3.63) is 113 Å². The Balaban J connectivity index is 1.65. The van der Waals surface area contributed by atoms with Crippen LogP contribution in [0.3, 0.4) is 0 Å². The lowest BCUT2D eigenvalue weighted by molar-refractivity contribution is 0.565. The molecule has 0 saturated carbocycles. The van der Waals surface area contributed by atoms with Gasteiger partial charge in [-0.1, -0.05) is 32.0 Å². The lowest BCUT2D eigenvalue weighted by atomic mass is 9.96. The highest BCUT2D eigenvalue weighted by Gasteiger charge is 2.42. The summed E-state index contributed by atoms with van der Waals surface area (Å²) < 4.78 is 15.8. The van der Waals surface area contributed by atoms with Gasteiger partial charge in [0.15, 0.2) is 5.11 Å². The summed E-state index contributed by atoms with van der Waals surface area (Å²) in [6.07, 6.45) is 1.82. The fourth-order valence-corrected chi connectivity index (χ4v) is 5.39. The quantitative estimate of drug-likeness (QED) is 0.312. The van der Waals surface area contributed by atoms with E-state index in [0.29, 0.717) is 11.0 Å². The van der Waals surface area contributed by atoms with E-state index in [4.69, 9.17) is 12.2 Å². The molecule has 2 aromatic carbocycles. The van der Waals surface area contributed by atoms with Crippen LogP contribution in [0.2, 0.25) is 0 Å². The average Bonchev–Trinajstić information content (AvgIpc) is 3.35. The van der Waals surface area contributed by atoms with E-state index >= 15 is 0 Å². The molecule has 4 aromatic rings. The Morgan fingerprint density at radius 1 is 0.943 bits per heavy atom. The van der Waals surface area contributed by atoms with Gasteiger partial charge in [-0.05, 0) is 97.7 Å². The summed E-state index contributed by atoms with van der Waals surface area (Å²) in [5, 5.41) is 4.22. The molecule has 1 aliphatic heterocycles. The van der Waals surface area contributed by atoms with E-state index in [1.54, 1.807) is 0 Å². The molecule has 0 spiro atoms. The van der Waals surface area contributed by atoms with E-state index in [0.717, 1.165) is 34.0 Å². The molecule has 1 aliphatic rings. The van der Waals surface area contributed by atoms with Crippen molar-refractivity contribution in [2.75, 3.05) is 4.90 Å². The summed E-state index contributed by atoms with van der Waals surface area (Å²) in [4.78, 5) is 6.87. The van der Waals surface area contributed by atoms with E-state index in [2.05, 4.69) is 77.8 Å². The first-order valence-electron chi connectivity index (χ1n) is 11.9. The molecule has 0 amide bonds. The Morgan fingerprint density at radius 2 is 1.63 bits per heavy atom. The zero-order valence-corrected chi connectivity index (χ0v) is 21.2. The highest BCUT2D eigenvalue weighted by Crippen LogP contribution is 2.43. The first-order valence-corrected chi connectivity index (χ1v) is 12.3. The lowest BCUT2D eigenvalue weighted by Crippen LogP contribution is -2.29. The maximum absolute atomic E-state index is 13.6. The summed E-state index contributed by atoms with van der Waals surface area (Å²) in [5.74, 6) is 0.215. The van der Waals surface area contributed by atoms with Gasteiger partial charge in [0.2, 0.25) is 0 Å². The Hall–Kier alpha value is -3.51. The lowest BCUT2D eigenvalue weighted by Gasteiger charge is -2.28. The third-order valence-corrected chi connectivity index (χ3v) is 7.12. The summed E-state index contributed by atoms with van der Waals surface area (Å²) in [6.45, 7) is 8.59. The Labute approximate surface area is 211 Å². The maximum atomic E-state index is 13.6. The average molecular weight is 485 g/mol. The van der Waals surface area contributed by atoms with Gasteiger partial charge in [-0.25, -0.2) is 4.39 Å². The largest absolute Gasteiger partial charge is 0.351 e. The van der Waals surface area contributed by atoms with Gasteiger partial charge < -0.3 is 14.8 Å². The zero-order chi connectivity index (χ0) is 24.7. The normalized spacial score (nSPS) is 17.8. The van der Waals surface area contributed by atoms with Crippen molar-refractivity contribution >= 4 is 23.0 Å². The van der Waals surface area contributed by atoms with Gasteiger partial charge in [-0.3, -0.25) is 4.98 Å². The third kappa shape index (κ3) is 4.23. The SMILES string of the molecule is Cc1cc([C@H]2[C@H](c3ccccn3)NC(=S)N2c2ccc(C(C)C)cc2)c(C)n1-c1ccc(F)cc1. The number of anilines is 1. The summed E-state index contributed by atoms with van der Waals surface area (Å²) in [7, 11) is 0. The molecule has 178 valence electrons. The monoisotopic (exact) mass is 484 g/mol. The fourth-order valence-electron chi connectivity index (χ4n) is 5.04. The van der Waals surface area contributed by atoms with Crippen LogP contribution in [0.5, 0.6) is 0 Å². The van der Waals surface area contributed by atoms with Crippen LogP contribution in [0.4, 0.5) is 10.1 Å². The number of benzene rings is 2. The van der Waals surface area contributed by atoms with Crippen LogP contribution in [0.15, 0.2) is 79.0 Å². The standard InChI is InChI=1S/C29H29FN4S/c1-18(2)21-8-12-24(13-9-21)34-28(27(32-29(34)35)26-7-5-6-16-31-26)25-17-19(3)33(20(25)4)23-14-10-22(30)11-15-23/h5-18,27-28H,1-4H3,(H,32,35)/t27-,28-/m0/s1. The second kappa shape index (κ2) is 9.27. The molecule has 2 aromatic heterocycles. The van der Waals surface area contributed by atoms with Gasteiger partial charge in [0.25, 0.3) is 0 Å². The van der Waals surface area contributed by atoms with Crippen LogP contribution >= 0.6 is 12.2 Å². The molecule has 0 unspecified atom stereocenters. The van der Waals surface area contributed by atoms with Crippen molar-refractivity contribution < 1.29 is 4.39 Å². The van der Waals surface area contributed by atoms with E-state index < -0.39 is 0 Å². The molecular formula is C29H29FN4S. The summed E-state index contributed by atoms with van der Waals surface area (Å²) in [6, 6.07) is 23.3. The van der Waals surface area contributed by atoms with E-state index in [1.165, 1.54) is 17.7 Å². The number of nitrogens with one attached hydrogen (secondary N) is 1. The van der Waals surface area contributed by atoms with Crippen LogP contribution in [0, 0.1) is 19.7 Å². The highest BCUT2D eigenvalue weighted by atomic mass is 32.1. The van der Waals surface area contributed by atoms with Crippen molar-refractivity contribution in [3.63, 3.8) is 0 Å². The molecule has 2 atom stereocenters. The van der Waals surface area contributed by atoms with Crippen molar-refractivity contribution in [1.29, 1.82) is 0 Å². The fraction of sp³-hybridized carbons (Fsp3) is 0.241. The Morgan fingerprint density at radius 3 is 2.26 bits per heavy atom. The van der Waals surface area contributed by atoms with Gasteiger partial charge in [-0.15, -0.1) is 0 Å². The summed E-state index contributed by atoms with van der Waals surface area (Å²) in [5.41, 5.74) is 7.53. The molecule has 1 N–H and O–H groups in total. The minimum atomic E-state index is -0.243. The molecule has 4 nitrogen and oxygen atoms in total. The van der Waals surface area contributed by atoms with Gasteiger partial charge >= 0.3 is 0 Å². The minimum absolute atomic E-state index is 0.0947. The van der Waals surface area contributed by atoms with Crippen molar-refractivity contribution in [2.24, 2.45) is 0 Å². The first-order chi connectivity index (χ1) is 16.8. The predicted molar refractivity (Wildman–Crippen MR) is 144 cm³/mol.